The lowest BCUT2D eigenvalue weighted by molar-refractivity contribution is -0.138. The van der Waals surface area contributed by atoms with Gasteiger partial charge in [0.2, 0.25) is 11.8 Å². The van der Waals surface area contributed by atoms with Gasteiger partial charge in [0.1, 0.15) is 11.9 Å². The minimum atomic E-state index is -0.627. The summed E-state index contributed by atoms with van der Waals surface area (Å²) >= 11 is 7.35. The number of thioether (sulfide) groups is 1. The highest BCUT2D eigenvalue weighted by atomic mass is 35.5. The van der Waals surface area contributed by atoms with Gasteiger partial charge in [-0.3, -0.25) is 9.59 Å². The number of hydrogen-bond donors (Lipinski definition) is 1. The van der Waals surface area contributed by atoms with E-state index in [1.165, 1.54) is 17.8 Å². The summed E-state index contributed by atoms with van der Waals surface area (Å²) in [6, 6.07) is 11.7. The van der Waals surface area contributed by atoms with Gasteiger partial charge in [0, 0.05) is 28.9 Å². The molecule has 2 aromatic rings. The van der Waals surface area contributed by atoms with Crippen LogP contribution in [0.4, 0.5) is 4.39 Å². The highest BCUT2D eigenvalue weighted by Crippen LogP contribution is 2.24. The third-order valence-corrected chi connectivity index (χ3v) is 5.87. The number of halogens is 2. The Hall–Kier alpha value is -2.05. The van der Waals surface area contributed by atoms with E-state index in [9.17, 15) is 14.0 Å². The van der Waals surface area contributed by atoms with Gasteiger partial charge in [-0.2, -0.15) is 0 Å². The van der Waals surface area contributed by atoms with E-state index in [1.54, 1.807) is 24.0 Å². The number of carbonyl (C=O) groups excluding carboxylic acids is 2. The predicted molar refractivity (Wildman–Crippen MR) is 122 cm³/mol. The van der Waals surface area contributed by atoms with E-state index >= 15 is 0 Å². The van der Waals surface area contributed by atoms with Crippen LogP contribution >= 0.6 is 23.4 Å². The Kier molecular flexibility index (Phi) is 9.18. The number of amides is 2. The second-order valence-electron chi connectivity index (χ2n) is 7.54. The van der Waals surface area contributed by atoms with E-state index in [4.69, 9.17) is 11.6 Å². The van der Waals surface area contributed by atoms with Gasteiger partial charge in [0.25, 0.3) is 0 Å². The Morgan fingerprint density at radius 2 is 1.87 bits per heavy atom. The molecule has 2 rings (SSSR count). The van der Waals surface area contributed by atoms with Crippen molar-refractivity contribution < 1.29 is 14.0 Å². The largest absolute Gasteiger partial charge is 0.352 e. The Morgan fingerprint density at radius 3 is 2.50 bits per heavy atom. The molecule has 30 heavy (non-hydrogen) atoms. The van der Waals surface area contributed by atoms with Gasteiger partial charge in [-0.05, 0) is 45.4 Å². The number of carbonyl (C=O) groups is 2. The van der Waals surface area contributed by atoms with Crippen LogP contribution in [0.1, 0.15) is 37.5 Å². The highest BCUT2D eigenvalue weighted by Gasteiger charge is 2.26. The van der Waals surface area contributed by atoms with Crippen molar-refractivity contribution in [1.82, 2.24) is 10.2 Å². The van der Waals surface area contributed by atoms with Crippen LogP contribution < -0.4 is 5.32 Å². The third kappa shape index (κ3) is 7.03. The maximum atomic E-state index is 14.0. The second kappa shape index (κ2) is 11.4. The van der Waals surface area contributed by atoms with E-state index in [2.05, 4.69) is 5.32 Å². The maximum absolute atomic E-state index is 14.0. The molecule has 0 aromatic heterocycles. The Bertz CT molecular complexity index is 871. The second-order valence-corrected chi connectivity index (χ2v) is 8.94. The molecule has 0 aliphatic carbocycles. The molecule has 1 atom stereocenters. The highest BCUT2D eigenvalue weighted by molar-refractivity contribution is 7.99. The van der Waals surface area contributed by atoms with Gasteiger partial charge in [0.15, 0.2) is 0 Å². The average Bonchev–Trinajstić information content (AvgIpc) is 2.67. The minimum absolute atomic E-state index is 0.0200. The van der Waals surface area contributed by atoms with Gasteiger partial charge in [0.05, 0.1) is 5.75 Å². The number of benzene rings is 2. The molecule has 0 fully saturated rings. The Labute approximate surface area is 187 Å². The molecule has 0 radical (unpaired) electrons. The minimum Gasteiger partial charge on any atom is -0.352 e. The fourth-order valence-electron chi connectivity index (χ4n) is 2.99. The molecule has 0 heterocycles. The predicted octanol–water partition coefficient (Wildman–Crippen LogP) is 4.96. The molecule has 0 unspecified atom stereocenters. The van der Waals surface area contributed by atoms with Crippen molar-refractivity contribution in [3.8, 4) is 0 Å². The quantitative estimate of drug-likeness (QED) is 0.587. The zero-order valence-electron chi connectivity index (χ0n) is 17.7. The lowest BCUT2D eigenvalue weighted by Crippen LogP contribution is -2.49. The summed E-state index contributed by atoms with van der Waals surface area (Å²) in [7, 11) is 0. The van der Waals surface area contributed by atoms with E-state index in [1.807, 2.05) is 45.0 Å². The number of aryl methyl sites for hydroxylation is 1. The molecule has 2 amide bonds. The molecular formula is C23H28ClFN2O2S. The summed E-state index contributed by atoms with van der Waals surface area (Å²) in [6.07, 6.45) is 0. The molecular weight excluding hydrogens is 423 g/mol. The Balaban J connectivity index is 2.11. The van der Waals surface area contributed by atoms with Gasteiger partial charge in [-0.15, -0.1) is 11.8 Å². The molecule has 0 bridgehead atoms. The number of hydrogen-bond acceptors (Lipinski definition) is 3. The molecule has 0 saturated heterocycles. The molecule has 7 heteroatoms. The molecule has 0 saturated carbocycles. The van der Waals surface area contributed by atoms with Crippen LogP contribution in [0.3, 0.4) is 0 Å². The molecule has 2 aromatic carbocycles. The first-order chi connectivity index (χ1) is 14.2. The number of nitrogens with one attached hydrogen (secondary N) is 1. The standard InChI is InChI=1S/C23H28ClFN2O2S/c1-15(2)26-23(29)17(4)27(12-18-8-5-7-16(3)11-18)22(28)14-30-13-19-20(24)9-6-10-21(19)25/h5-11,15,17H,12-14H2,1-4H3,(H,26,29)/t17-/m1/s1. The third-order valence-electron chi connectivity index (χ3n) is 4.57. The van der Waals surface area contributed by atoms with E-state index < -0.39 is 6.04 Å². The van der Waals surface area contributed by atoms with E-state index in [-0.39, 0.29) is 35.2 Å². The molecule has 0 aliphatic rings. The van der Waals surface area contributed by atoms with Crippen LogP contribution in [0, 0.1) is 12.7 Å². The van der Waals surface area contributed by atoms with E-state index in [0.29, 0.717) is 17.1 Å². The summed E-state index contributed by atoms with van der Waals surface area (Å²) in [5, 5.41) is 3.21. The topological polar surface area (TPSA) is 49.4 Å². The van der Waals surface area contributed by atoms with E-state index in [0.717, 1.165) is 11.1 Å². The van der Waals surface area contributed by atoms with Crippen molar-refractivity contribution in [1.29, 1.82) is 0 Å². The van der Waals surface area contributed by atoms with Crippen molar-refractivity contribution in [2.45, 2.75) is 52.1 Å². The summed E-state index contributed by atoms with van der Waals surface area (Å²) in [5.41, 5.74) is 2.42. The van der Waals surface area contributed by atoms with Crippen molar-refractivity contribution in [3.05, 3.63) is 70.0 Å². The van der Waals surface area contributed by atoms with Gasteiger partial charge in [-0.25, -0.2) is 4.39 Å². The molecule has 0 aliphatic heterocycles. The Morgan fingerprint density at radius 1 is 1.17 bits per heavy atom. The van der Waals surface area contributed by atoms with Crippen molar-refractivity contribution in [2.75, 3.05) is 5.75 Å². The smallest absolute Gasteiger partial charge is 0.242 e. The van der Waals surface area contributed by atoms with Crippen LogP contribution in [0.25, 0.3) is 0 Å². The van der Waals surface area contributed by atoms with Crippen LogP contribution in [0.2, 0.25) is 5.02 Å². The SMILES string of the molecule is Cc1cccc(CN(C(=O)CSCc2c(F)cccc2Cl)[C@H](C)C(=O)NC(C)C)c1. The first-order valence-corrected chi connectivity index (χ1v) is 11.4. The van der Waals surface area contributed by atoms with Crippen LogP contribution in [-0.2, 0) is 21.9 Å². The van der Waals surface area contributed by atoms with Gasteiger partial charge >= 0.3 is 0 Å². The average molecular weight is 451 g/mol. The van der Waals surface area contributed by atoms with Crippen molar-refractivity contribution in [2.24, 2.45) is 0 Å². The lowest BCUT2D eigenvalue weighted by Gasteiger charge is -2.29. The van der Waals surface area contributed by atoms with Crippen molar-refractivity contribution in [3.63, 3.8) is 0 Å². The fourth-order valence-corrected chi connectivity index (χ4v) is 4.24. The summed E-state index contributed by atoms with van der Waals surface area (Å²) < 4.78 is 14.0. The molecule has 4 nitrogen and oxygen atoms in total. The van der Waals surface area contributed by atoms with Crippen LogP contribution in [0.15, 0.2) is 42.5 Å². The first-order valence-electron chi connectivity index (χ1n) is 9.85. The molecule has 1 N–H and O–H groups in total. The summed E-state index contributed by atoms with van der Waals surface area (Å²) in [4.78, 5) is 27.2. The fraction of sp³-hybridized carbons (Fsp3) is 0.391. The zero-order chi connectivity index (χ0) is 22.3. The van der Waals surface area contributed by atoms with Crippen LogP contribution in [-0.4, -0.2) is 34.6 Å². The van der Waals surface area contributed by atoms with Crippen LogP contribution in [0.5, 0.6) is 0 Å². The monoisotopic (exact) mass is 450 g/mol. The molecule has 0 spiro atoms. The molecule has 162 valence electrons. The van der Waals surface area contributed by atoms with Gasteiger partial charge in [-0.1, -0.05) is 47.5 Å². The maximum Gasteiger partial charge on any atom is 0.242 e. The zero-order valence-corrected chi connectivity index (χ0v) is 19.3. The van der Waals surface area contributed by atoms with Gasteiger partial charge < -0.3 is 10.2 Å². The summed E-state index contributed by atoms with van der Waals surface area (Å²) in [6.45, 7) is 7.80. The summed E-state index contributed by atoms with van der Waals surface area (Å²) in [5.74, 6) is -0.366. The number of nitrogens with zero attached hydrogens (tertiary/aromatic N) is 1. The normalized spacial score (nSPS) is 12.0. The lowest BCUT2D eigenvalue weighted by atomic mass is 10.1. The van der Waals surface area contributed by atoms with Crippen molar-refractivity contribution >= 4 is 35.2 Å². The number of rotatable bonds is 9. The first kappa shape index (κ1) is 24.2.